The van der Waals surface area contributed by atoms with Gasteiger partial charge in [0.25, 0.3) is 0 Å². The number of nitrogens with one attached hydrogen (secondary N) is 1. The Kier molecular flexibility index (Phi) is 9.16. The number of ketones is 1. The number of aliphatic imine (C=N–C) groups is 1. The molecule has 3 nitrogen and oxygen atoms in total. The highest BCUT2D eigenvalue weighted by molar-refractivity contribution is 6.41. The molecule has 2 aromatic carbocycles. The Hall–Kier alpha value is -2.55. The zero-order valence-corrected chi connectivity index (χ0v) is 18.9. The van der Waals surface area contributed by atoms with Crippen molar-refractivity contribution < 1.29 is 4.79 Å². The molecule has 0 aliphatic rings. The average molecular weight is 405 g/mol. The smallest absolute Gasteiger partial charge is 0.177 e. The summed E-state index contributed by atoms with van der Waals surface area (Å²) in [6.07, 6.45) is 5.51. The maximum atomic E-state index is 13.0. The molecule has 0 fully saturated rings. The first-order valence-electron chi connectivity index (χ1n) is 11.1. The molecule has 1 atom stereocenters. The number of carbonyl (C=O) groups is 1. The summed E-state index contributed by atoms with van der Waals surface area (Å²) >= 11 is 0. The highest BCUT2D eigenvalue weighted by Crippen LogP contribution is 2.29. The van der Waals surface area contributed by atoms with Gasteiger partial charge in [-0.15, -0.1) is 0 Å². The molecule has 160 valence electrons. The summed E-state index contributed by atoms with van der Waals surface area (Å²) in [5.41, 5.74) is 2.95. The van der Waals surface area contributed by atoms with E-state index in [9.17, 15) is 4.79 Å². The molecule has 30 heavy (non-hydrogen) atoms. The van der Waals surface area contributed by atoms with Crippen LogP contribution in [0.4, 0.5) is 0 Å². The Bertz CT molecular complexity index is 838. The standard InChI is InChI=1S/C27H36N2O/c1-5-6-9-18-24(29-4)23(21-14-10-7-11-15-21)19-20-25(30)26(28)27(2,3)22-16-12-8-13-17-22/h7-8,10-17,23,28H,5-6,9,18-20H2,1-4H3. The minimum absolute atomic E-state index is 0.0752. The summed E-state index contributed by atoms with van der Waals surface area (Å²) in [6.45, 7) is 6.12. The summed E-state index contributed by atoms with van der Waals surface area (Å²) in [5.74, 6) is 0.0541. The van der Waals surface area contributed by atoms with Gasteiger partial charge in [0.2, 0.25) is 0 Å². The molecule has 0 bridgehead atoms. The van der Waals surface area contributed by atoms with Gasteiger partial charge in [-0.3, -0.25) is 9.79 Å². The minimum atomic E-state index is -0.594. The van der Waals surface area contributed by atoms with Gasteiger partial charge in [0.15, 0.2) is 5.78 Å². The fourth-order valence-electron chi connectivity index (χ4n) is 3.96. The zero-order chi connectivity index (χ0) is 22.0. The molecule has 0 aliphatic heterocycles. The molecule has 0 saturated heterocycles. The van der Waals surface area contributed by atoms with Crippen molar-refractivity contribution in [1.29, 1.82) is 5.41 Å². The predicted molar refractivity (Wildman–Crippen MR) is 128 cm³/mol. The number of rotatable bonds is 12. The van der Waals surface area contributed by atoms with Gasteiger partial charge in [-0.25, -0.2) is 0 Å². The van der Waals surface area contributed by atoms with Crippen molar-refractivity contribution in [1.82, 2.24) is 0 Å². The lowest BCUT2D eigenvalue weighted by Crippen LogP contribution is -2.34. The molecule has 0 spiro atoms. The van der Waals surface area contributed by atoms with Gasteiger partial charge in [-0.05, 0) is 30.4 Å². The lowest BCUT2D eigenvalue weighted by Gasteiger charge is -2.26. The Balaban J connectivity index is 2.14. The second-order valence-electron chi connectivity index (χ2n) is 8.46. The molecular weight excluding hydrogens is 368 g/mol. The highest BCUT2D eigenvalue weighted by Gasteiger charge is 2.31. The van der Waals surface area contributed by atoms with E-state index in [1.807, 2.05) is 69.4 Å². The van der Waals surface area contributed by atoms with Crippen LogP contribution >= 0.6 is 0 Å². The van der Waals surface area contributed by atoms with E-state index in [1.165, 1.54) is 18.4 Å². The second-order valence-corrected chi connectivity index (χ2v) is 8.46. The molecule has 0 aromatic heterocycles. The van der Waals surface area contributed by atoms with Crippen molar-refractivity contribution in [3.63, 3.8) is 0 Å². The van der Waals surface area contributed by atoms with E-state index in [2.05, 4.69) is 24.0 Å². The third-order valence-corrected chi connectivity index (χ3v) is 5.99. The number of unbranched alkanes of at least 4 members (excludes halogenated alkanes) is 2. The van der Waals surface area contributed by atoms with Crippen LogP contribution in [0, 0.1) is 5.41 Å². The summed E-state index contributed by atoms with van der Waals surface area (Å²) in [6, 6.07) is 20.2. The van der Waals surface area contributed by atoms with Gasteiger partial charge >= 0.3 is 0 Å². The maximum absolute atomic E-state index is 13.0. The van der Waals surface area contributed by atoms with Crippen LogP contribution in [0.25, 0.3) is 0 Å². The van der Waals surface area contributed by atoms with Crippen LogP contribution < -0.4 is 0 Å². The number of Topliss-reactive ketones (excluding diaryl/α,β-unsaturated/α-hetero) is 1. The fourth-order valence-corrected chi connectivity index (χ4v) is 3.96. The molecule has 1 N–H and O–H groups in total. The van der Waals surface area contributed by atoms with Crippen LogP contribution in [0.15, 0.2) is 65.7 Å². The summed E-state index contributed by atoms with van der Waals surface area (Å²) in [7, 11) is 1.86. The predicted octanol–water partition coefficient (Wildman–Crippen LogP) is 6.77. The molecule has 2 rings (SSSR count). The zero-order valence-electron chi connectivity index (χ0n) is 18.9. The van der Waals surface area contributed by atoms with Crippen molar-refractivity contribution in [2.45, 2.75) is 70.6 Å². The molecule has 2 aromatic rings. The van der Waals surface area contributed by atoms with E-state index in [-0.39, 0.29) is 17.4 Å². The van der Waals surface area contributed by atoms with Crippen LogP contribution in [0.5, 0.6) is 0 Å². The Morgan fingerprint density at radius 1 is 0.967 bits per heavy atom. The third-order valence-electron chi connectivity index (χ3n) is 5.99. The molecule has 3 heteroatoms. The summed E-state index contributed by atoms with van der Waals surface area (Å²) in [5, 5.41) is 8.59. The minimum Gasteiger partial charge on any atom is -0.301 e. The molecule has 0 aliphatic carbocycles. The van der Waals surface area contributed by atoms with Gasteiger partial charge < -0.3 is 5.41 Å². The molecule has 1 unspecified atom stereocenters. The maximum Gasteiger partial charge on any atom is 0.177 e. The van der Waals surface area contributed by atoms with Crippen LogP contribution in [0.1, 0.15) is 76.3 Å². The molecule has 0 amide bonds. The van der Waals surface area contributed by atoms with Crippen LogP contribution in [-0.2, 0) is 10.2 Å². The number of benzene rings is 2. The van der Waals surface area contributed by atoms with E-state index in [1.54, 1.807) is 0 Å². The summed E-state index contributed by atoms with van der Waals surface area (Å²) in [4.78, 5) is 17.6. The van der Waals surface area contributed by atoms with Gasteiger partial charge in [0.1, 0.15) is 0 Å². The molecular formula is C27H36N2O. The van der Waals surface area contributed by atoms with Crippen LogP contribution in [0.3, 0.4) is 0 Å². The Morgan fingerprint density at radius 3 is 2.13 bits per heavy atom. The monoisotopic (exact) mass is 404 g/mol. The van der Waals surface area contributed by atoms with Crippen molar-refractivity contribution in [2.75, 3.05) is 7.05 Å². The quantitative estimate of drug-likeness (QED) is 0.308. The van der Waals surface area contributed by atoms with Crippen LogP contribution in [0.2, 0.25) is 0 Å². The Morgan fingerprint density at radius 2 is 1.57 bits per heavy atom. The van der Waals surface area contributed by atoms with Crippen molar-refractivity contribution in [3.05, 3.63) is 71.8 Å². The van der Waals surface area contributed by atoms with E-state index in [4.69, 9.17) is 5.41 Å². The largest absolute Gasteiger partial charge is 0.301 e. The number of hydrogen-bond donors (Lipinski definition) is 1. The van der Waals surface area contributed by atoms with Gasteiger partial charge in [0.05, 0.1) is 5.71 Å². The van der Waals surface area contributed by atoms with Crippen molar-refractivity contribution in [2.24, 2.45) is 4.99 Å². The average Bonchev–Trinajstić information content (AvgIpc) is 2.78. The van der Waals surface area contributed by atoms with E-state index in [0.29, 0.717) is 12.8 Å². The third kappa shape index (κ3) is 6.22. The molecule has 0 saturated carbocycles. The first-order chi connectivity index (χ1) is 14.4. The number of hydrogen-bond acceptors (Lipinski definition) is 3. The number of nitrogens with zero attached hydrogens (tertiary/aromatic N) is 1. The van der Waals surface area contributed by atoms with Gasteiger partial charge in [-0.2, -0.15) is 0 Å². The van der Waals surface area contributed by atoms with Crippen molar-refractivity contribution >= 4 is 17.2 Å². The highest BCUT2D eigenvalue weighted by atomic mass is 16.1. The number of carbonyl (C=O) groups excluding carboxylic acids is 1. The normalized spacial score (nSPS) is 13.1. The van der Waals surface area contributed by atoms with Gasteiger partial charge in [0, 0.05) is 30.5 Å². The fraction of sp³-hybridized carbons (Fsp3) is 0.444. The topological polar surface area (TPSA) is 53.3 Å². The lowest BCUT2D eigenvalue weighted by atomic mass is 9.77. The summed E-state index contributed by atoms with van der Waals surface area (Å²) < 4.78 is 0. The van der Waals surface area contributed by atoms with Gasteiger partial charge in [-0.1, -0.05) is 94.3 Å². The first kappa shape index (κ1) is 23.7. The molecule has 0 heterocycles. The van der Waals surface area contributed by atoms with E-state index >= 15 is 0 Å². The van der Waals surface area contributed by atoms with E-state index in [0.717, 1.165) is 24.1 Å². The Labute approximate surface area is 182 Å². The SMILES string of the molecule is CCCCCC(=NC)C(CCC(=O)C(=N)C(C)(C)c1ccccc1)c1ccccc1. The first-order valence-corrected chi connectivity index (χ1v) is 11.1. The van der Waals surface area contributed by atoms with Crippen molar-refractivity contribution in [3.8, 4) is 0 Å². The lowest BCUT2D eigenvalue weighted by molar-refractivity contribution is -0.113. The second kappa shape index (κ2) is 11.6. The van der Waals surface area contributed by atoms with Crippen LogP contribution in [-0.4, -0.2) is 24.3 Å². The molecule has 0 radical (unpaired) electrons. The van der Waals surface area contributed by atoms with E-state index < -0.39 is 5.41 Å².